The van der Waals surface area contributed by atoms with E-state index in [1.807, 2.05) is 31.2 Å². The van der Waals surface area contributed by atoms with Gasteiger partial charge in [0.1, 0.15) is 12.3 Å². The quantitative estimate of drug-likeness (QED) is 0.603. The number of aryl methyl sites for hydroxylation is 1. The summed E-state index contributed by atoms with van der Waals surface area (Å²) in [5.41, 5.74) is 1.11. The van der Waals surface area contributed by atoms with Crippen molar-refractivity contribution < 1.29 is 19.7 Å². The summed E-state index contributed by atoms with van der Waals surface area (Å²) in [5, 5.41) is 28.0. The number of rotatable bonds is 2. The molecule has 0 saturated carbocycles. The summed E-state index contributed by atoms with van der Waals surface area (Å²) in [6.07, 6.45) is -3.99. The highest BCUT2D eigenvalue weighted by molar-refractivity contribution is 8.17. The second kappa shape index (κ2) is 5.57. The van der Waals surface area contributed by atoms with Crippen molar-refractivity contribution in [3.05, 3.63) is 29.8 Å². The Kier molecular flexibility index (Phi) is 4.27. The van der Waals surface area contributed by atoms with Crippen molar-refractivity contribution in [1.29, 1.82) is 0 Å². The average Bonchev–Trinajstić information content (AvgIpc) is 2.37. The highest BCUT2D eigenvalue weighted by Gasteiger charge is 2.42. The maximum Gasteiger partial charge on any atom is 0.141 e. The van der Waals surface area contributed by atoms with Gasteiger partial charge in [-0.2, -0.15) is 0 Å². The lowest BCUT2D eigenvalue weighted by molar-refractivity contribution is -0.0279. The van der Waals surface area contributed by atoms with Gasteiger partial charge in [0.2, 0.25) is 0 Å². The molecule has 1 unspecified atom stereocenters. The van der Waals surface area contributed by atoms with E-state index in [1.54, 1.807) is 0 Å². The van der Waals surface area contributed by atoms with E-state index < -0.39 is 34.5 Å². The first kappa shape index (κ1) is 13.8. The Morgan fingerprint density at radius 3 is 2.44 bits per heavy atom. The number of hydrogen-bond acceptors (Lipinski definition) is 3. The first-order valence-electron chi connectivity index (χ1n) is 5.99. The minimum absolute atomic E-state index is 0.301. The molecule has 102 valence electrons. The Morgan fingerprint density at radius 1 is 1.28 bits per heavy atom. The first-order valence-corrected chi connectivity index (χ1v) is 7.58. The number of aliphatic hydroxyl groups is 3. The molecule has 0 spiro atoms. The van der Waals surface area contributed by atoms with Crippen molar-refractivity contribution in [2.75, 3.05) is 12.4 Å². The van der Waals surface area contributed by atoms with Gasteiger partial charge in [-0.1, -0.05) is 29.8 Å². The van der Waals surface area contributed by atoms with Gasteiger partial charge >= 0.3 is 0 Å². The third-order valence-corrected chi connectivity index (χ3v) is 6.40. The fraction of sp³-hybridized carbons (Fsp3) is 0.538. The molecule has 1 heterocycles. The fourth-order valence-electron chi connectivity index (χ4n) is 2.29. The summed E-state index contributed by atoms with van der Waals surface area (Å²) >= 11 is 0. The Morgan fingerprint density at radius 2 is 1.89 bits per heavy atom. The maximum absolute atomic E-state index is 14.0. The van der Waals surface area contributed by atoms with Crippen molar-refractivity contribution >= 4 is 10.9 Å². The predicted molar refractivity (Wildman–Crippen MR) is 71.1 cm³/mol. The van der Waals surface area contributed by atoms with Crippen molar-refractivity contribution in [2.45, 2.75) is 35.4 Å². The monoisotopic (exact) mass is 274 g/mol. The van der Waals surface area contributed by atoms with Crippen molar-refractivity contribution in [2.24, 2.45) is 0 Å². The first-order chi connectivity index (χ1) is 8.54. The van der Waals surface area contributed by atoms with E-state index in [-0.39, 0.29) is 6.61 Å². The Bertz CT molecular complexity index is 398. The van der Waals surface area contributed by atoms with Crippen LogP contribution in [0.2, 0.25) is 0 Å². The molecule has 18 heavy (non-hydrogen) atoms. The lowest BCUT2D eigenvalue weighted by atomic mass is 10.1. The third-order valence-electron chi connectivity index (χ3n) is 3.42. The third kappa shape index (κ3) is 2.54. The van der Waals surface area contributed by atoms with E-state index in [0.717, 1.165) is 10.5 Å². The van der Waals surface area contributed by atoms with Gasteiger partial charge in [-0.3, -0.25) is 0 Å². The van der Waals surface area contributed by atoms with E-state index in [2.05, 4.69) is 0 Å². The van der Waals surface area contributed by atoms with Crippen LogP contribution < -0.4 is 0 Å². The number of hydrogen-bond donors (Lipinski definition) is 4. The standard InChI is InChI=1S/C13H19FO3S/c1-8-2-4-9(5-3-8)18-7-10(16)13(17)12(14)11(18)6-15/h2-5,10-13,15-18H,6-7H2,1H3/t10-,11+,12+,13+/m0/s1. The number of benzene rings is 1. The van der Waals surface area contributed by atoms with Crippen molar-refractivity contribution in [3.63, 3.8) is 0 Å². The van der Waals surface area contributed by atoms with Crippen LogP contribution in [0.5, 0.6) is 0 Å². The minimum atomic E-state index is -1.56. The Labute approximate surface area is 109 Å². The molecule has 5 atom stereocenters. The van der Waals surface area contributed by atoms with Crippen LogP contribution in [-0.2, 0) is 0 Å². The summed E-state index contributed by atoms with van der Waals surface area (Å²) < 4.78 is 14.0. The van der Waals surface area contributed by atoms with Gasteiger partial charge in [-0.15, -0.1) is 0 Å². The van der Waals surface area contributed by atoms with Crippen LogP contribution in [0, 0.1) is 6.92 Å². The number of halogens is 1. The summed E-state index contributed by atoms with van der Waals surface area (Å²) in [4.78, 5) is 0.961. The van der Waals surface area contributed by atoms with Crippen LogP contribution >= 0.6 is 10.9 Å². The van der Waals surface area contributed by atoms with E-state index in [9.17, 15) is 19.7 Å². The van der Waals surface area contributed by atoms with Crippen LogP contribution in [0.1, 0.15) is 5.56 Å². The van der Waals surface area contributed by atoms with E-state index in [4.69, 9.17) is 0 Å². The van der Waals surface area contributed by atoms with Gasteiger partial charge in [0.15, 0.2) is 0 Å². The Hall–Kier alpha value is -0.620. The molecule has 0 aromatic heterocycles. The van der Waals surface area contributed by atoms with Gasteiger partial charge < -0.3 is 15.3 Å². The van der Waals surface area contributed by atoms with E-state index in [0.29, 0.717) is 5.75 Å². The molecule has 0 radical (unpaired) electrons. The van der Waals surface area contributed by atoms with Gasteiger partial charge in [0, 0.05) is 11.0 Å². The molecule has 1 aromatic rings. The lowest BCUT2D eigenvalue weighted by Gasteiger charge is -2.42. The molecule has 2 rings (SSSR count). The summed E-state index contributed by atoms with van der Waals surface area (Å²) in [7, 11) is -0.983. The van der Waals surface area contributed by atoms with Crippen molar-refractivity contribution in [3.8, 4) is 0 Å². The fourth-order valence-corrected chi connectivity index (χ4v) is 5.02. The summed E-state index contributed by atoms with van der Waals surface area (Å²) in [5.74, 6) is 0.338. The molecular weight excluding hydrogens is 255 g/mol. The SMILES string of the molecule is Cc1ccc([SH]2C[C@H](O)[C@@H](O)[C@H](F)[C@H]2CO)cc1. The molecule has 5 heteroatoms. The van der Waals surface area contributed by atoms with Gasteiger partial charge in [-0.25, -0.2) is 15.3 Å². The molecule has 3 N–H and O–H groups in total. The van der Waals surface area contributed by atoms with Gasteiger partial charge in [-0.05, 0) is 11.8 Å². The molecule has 0 aliphatic carbocycles. The predicted octanol–water partition coefficient (Wildman–Crippen LogP) is 0.790. The topological polar surface area (TPSA) is 60.7 Å². The molecule has 1 saturated heterocycles. The zero-order valence-electron chi connectivity index (χ0n) is 10.2. The van der Waals surface area contributed by atoms with Crippen LogP contribution in [-0.4, -0.2) is 51.3 Å². The molecular formula is C13H19FO3S. The van der Waals surface area contributed by atoms with E-state index in [1.165, 1.54) is 0 Å². The van der Waals surface area contributed by atoms with Gasteiger partial charge in [0.25, 0.3) is 0 Å². The van der Waals surface area contributed by atoms with Crippen LogP contribution in [0.25, 0.3) is 0 Å². The van der Waals surface area contributed by atoms with Crippen molar-refractivity contribution in [1.82, 2.24) is 0 Å². The molecule has 0 amide bonds. The Balaban J connectivity index is 2.27. The largest absolute Gasteiger partial charge is 0.395 e. The van der Waals surface area contributed by atoms with Crippen LogP contribution in [0.4, 0.5) is 4.39 Å². The molecule has 1 aliphatic rings. The average molecular weight is 274 g/mol. The number of alkyl halides is 1. The highest BCUT2D eigenvalue weighted by atomic mass is 32.2. The molecule has 1 fully saturated rings. The highest BCUT2D eigenvalue weighted by Crippen LogP contribution is 2.47. The normalized spacial score (nSPS) is 38.6. The summed E-state index contributed by atoms with van der Waals surface area (Å²) in [6, 6.07) is 7.72. The summed E-state index contributed by atoms with van der Waals surface area (Å²) in [6.45, 7) is 1.67. The van der Waals surface area contributed by atoms with Crippen LogP contribution in [0.15, 0.2) is 29.2 Å². The van der Waals surface area contributed by atoms with Gasteiger partial charge in [0.05, 0.1) is 12.7 Å². The van der Waals surface area contributed by atoms with E-state index >= 15 is 0 Å². The molecule has 3 nitrogen and oxygen atoms in total. The molecule has 1 aliphatic heterocycles. The number of aliphatic hydroxyl groups excluding tert-OH is 3. The minimum Gasteiger partial charge on any atom is -0.395 e. The van der Waals surface area contributed by atoms with Crippen LogP contribution in [0.3, 0.4) is 0 Å². The number of thiol groups is 1. The maximum atomic E-state index is 14.0. The molecule has 1 aromatic carbocycles. The smallest absolute Gasteiger partial charge is 0.141 e. The second-order valence-electron chi connectivity index (χ2n) is 4.74. The zero-order valence-corrected chi connectivity index (χ0v) is 11.1. The second-order valence-corrected chi connectivity index (χ2v) is 7.22. The molecule has 0 bridgehead atoms. The lowest BCUT2D eigenvalue weighted by Crippen LogP contribution is -2.50. The zero-order chi connectivity index (χ0) is 13.3.